The molecule has 2 aromatic heterocycles. The molecule has 0 aliphatic heterocycles. The van der Waals surface area contributed by atoms with Crippen molar-refractivity contribution >= 4 is 10.9 Å². The molecule has 0 aliphatic rings. The molecule has 0 amide bonds. The molecule has 0 fully saturated rings. The first-order valence-electron chi connectivity index (χ1n) is 7.26. The zero-order chi connectivity index (χ0) is 14.8. The number of nitrogens with zero attached hydrogens (tertiary/aromatic N) is 3. The highest BCUT2D eigenvalue weighted by Gasteiger charge is 2.19. The number of aliphatic hydroxyl groups excluding tert-OH is 1. The number of para-hydroxylation sites is 1. The van der Waals surface area contributed by atoms with Gasteiger partial charge in [-0.2, -0.15) is 0 Å². The van der Waals surface area contributed by atoms with Crippen LogP contribution in [0.5, 0.6) is 0 Å². The lowest BCUT2D eigenvalue weighted by molar-refractivity contribution is 0.205. The Morgan fingerprint density at radius 3 is 2.90 bits per heavy atom. The third kappa shape index (κ3) is 2.54. The first kappa shape index (κ1) is 13.8. The summed E-state index contributed by atoms with van der Waals surface area (Å²) in [6.45, 7) is 4.91. The molecule has 0 bridgehead atoms. The highest BCUT2D eigenvalue weighted by Crippen LogP contribution is 2.28. The molecule has 0 radical (unpaired) electrons. The zero-order valence-corrected chi connectivity index (χ0v) is 12.3. The molecule has 3 rings (SSSR count). The zero-order valence-electron chi connectivity index (χ0n) is 12.3. The van der Waals surface area contributed by atoms with Gasteiger partial charge in [-0.15, -0.1) is 0 Å². The van der Waals surface area contributed by atoms with E-state index in [9.17, 15) is 5.11 Å². The molecule has 108 valence electrons. The summed E-state index contributed by atoms with van der Waals surface area (Å²) >= 11 is 0. The Bertz CT molecular complexity index is 764. The number of pyridine rings is 1. The van der Waals surface area contributed by atoms with Gasteiger partial charge in [-0.05, 0) is 31.0 Å². The van der Waals surface area contributed by atoms with E-state index in [2.05, 4.69) is 16.9 Å². The van der Waals surface area contributed by atoms with Crippen molar-refractivity contribution in [1.29, 1.82) is 0 Å². The molecular weight excluding hydrogens is 262 g/mol. The van der Waals surface area contributed by atoms with Crippen molar-refractivity contribution < 1.29 is 5.11 Å². The normalized spacial score (nSPS) is 12.7. The van der Waals surface area contributed by atoms with Gasteiger partial charge in [-0.1, -0.05) is 25.1 Å². The fourth-order valence-corrected chi connectivity index (χ4v) is 2.70. The monoisotopic (exact) mass is 281 g/mol. The third-order valence-corrected chi connectivity index (χ3v) is 3.63. The summed E-state index contributed by atoms with van der Waals surface area (Å²) in [6.07, 6.45) is 3.92. The first-order chi connectivity index (χ1) is 10.2. The lowest BCUT2D eigenvalue weighted by Gasteiger charge is -2.16. The molecule has 2 heterocycles. The van der Waals surface area contributed by atoms with Crippen molar-refractivity contribution in [2.45, 2.75) is 32.9 Å². The number of imidazole rings is 1. The number of aromatic nitrogens is 3. The molecule has 4 nitrogen and oxygen atoms in total. The molecule has 1 N–H and O–H groups in total. The Kier molecular flexibility index (Phi) is 3.71. The van der Waals surface area contributed by atoms with Gasteiger partial charge in [0, 0.05) is 30.0 Å². The largest absolute Gasteiger partial charge is 0.380 e. The molecular formula is C17H19N3O. The number of aryl methyl sites for hydroxylation is 2. The first-order valence-corrected chi connectivity index (χ1v) is 7.26. The summed E-state index contributed by atoms with van der Waals surface area (Å²) in [5.74, 6) is 0.688. The van der Waals surface area contributed by atoms with E-state index >= 15 is 0 Å². The summed E-state index contributed by atoms with van der Waals surface area (Å²) in [5.41, 5.74) is 2.66. The number of hydrogen-bond donors (Lipinski definition) is 1. The minimum Gasteiger partial charge on any atom is -0.380 e. The molecule has 0 spiro atoms. The highest BCUT2D eigenvalue weighted by molar-refractivity contribution is 5.83. The van der Waals surface area contributed by atoms with E-state index in [0.717, 1.165) is 35.1 Å². The predicted molar refractivity (Wildman–Crippen MR) is 83.1 cm³/mol. The summed E-state index contributed by atoms with van der Waals surface area (Å²) in [7, 11) is 0. The van der Waals surface area contributed by atoms with Crippen LogP contribution in [0.25, 0.3) is 10.9 Å². The molecule has 4 heteroatoms. The van der Waals surface area contributed by atoms with E-state index in [1.54, 1.807) is 6.20 Å². The number of rotatable bonds is 4. The minimum absolute atomic E-state index is 0.688. The van der Waals surface area contributed by atoms with Gasteiger partial charge in [-0.25, -0.2) is 4.98 Å². The Labute approximate surface area is 124 Å². The Morgan fingerprint density at radius 1 is 1.29 bits per heavy atom. The average Bonchev–Trinajstić information content (AvgIpc) is 2.94. The molecule has 3 aromatic rings. The smallest absolute Gasteiger partial charge is 0.142 e. The molecule has 0 saturated carbocycles. The molecule has 0 saturated heterocycles. The van der Waals surface area contributed by atoms with Crippen LogP contribution in [0.15, 0.2) is 42.7 Å². The Balaban J connectivity index is 2.13. The van der Waals surface area contributed by atoms with Gasteiger partial charge >= 0.3 is 0 Å². The van der Waals surface area contributed by atoms with Crippen LogP contribution in [-0.4, -0.2) is 19.6 Å². The van der Waals surface area contributed by atoms with Crippen LogP contribution in [0, 0.1) is 6.92 Å². The van der Waals surface area contributed by atoms with E-state index in [1.807, 2.05) is 48.0 Å². The van der Waals surface area contributed by atoms with Crippen molar-refractivity contribution in [3.63, 3.8) is 0 Å². The van der Waals surface area contributed by atoms with Crippen LogP contribution < -0.4 is 0 Å². The molecule has 1 aromatic carbocycles. The van der Waals surface area contributed by atoms with Crippen molar-refractivity contribution in [3.8, 4) is 0 Å². The summed E-state index contributed by atoms with van der Waals surface area (Å²) in [5, 5.41) is 11.8. The maximum Gasteiger partial charge on any atom is 0.142 e. The average molecular weight is 281 g/mol. The van der Waals surface area contributed by atoms with Crippen LogP contribution in [0.4, 0.5) is 0 Å². The molecule has 1 unspecified atom stereocenters. The van der Waals surface area contributed by atoms with E-state index in [1.165, 1.54) is 0 Å². The second-order valence-electron chi connectivity index (χ2n) is 5.25. The molecule has 0 aliphatic carbocycles. The summed E-state index contributed by atoms with van der Waals surface area (Å²) in [6, 6.07) is 9.83. The van der Waals surface area contributed by atoms with Gasteiger partial charge in [0.25, 0.3) is 0 Å². The fraction of sp³-hybridized carbons (Fsp3) is 0.294. The van der Waals surface area contributed by atoms with Crippen molar-refractivity contribution in [3.05, 3.63) is 59.8 Å². The number of fused-ring (bicyclic) bond motifs is 1. The van der Waals surface area contributed by atoms with Gasteiger partial charge in [0.1, 0.15) is 11.9 Å². The lowest BCUT2D eigenvalue weighted by Crippen LogP contribution is -2.10. The topological polar surface area (TPSA) is 50.9 Å². The van der Waals surface area contributed by atoms with E-state index in [0.29, 0.717) is 5.82 Å². The minimum atomic E-state index is -0.738. The molecule has 21 heavy (non-hydrogen) atoms. The Hall–Kier alpha value is -2.20. The second kappa shape index (κ2) is 5.66. The van der Waals surface area contributed by atoms with Gasteiger partial charge < -0.3 is 9.67 Å². The number of aliphatic hydroxyl groups is 1. The van der Waals surface area contributed by atoms with Gasteiger partial charge in [0.2, 0.25) is 0 Å². The van der Waals surface area contributed by atoms with Gasteiger partial charge in [0.05, 0.1) is 5.52 Å². The fourth-order valence-electron chi connectivity index (χ4n) is 2.70. The summed E-state index contributed by atoms with van der Waals surface area (Å²) in [4.78, 5) is 8.86. The highest BCUT2D eigenvalue weighted by atomic mass is 16.3. The van der Waals surface area contributed by atoms with Crippen LogP contribution in [0.3, 0.4) is 0 Å². The van der Waals surface area contributed by atoms with E-state index in [4.69, 9.17) is 0 Å². The van der Waals surface area contributed by atoms with E-state index < -0.39 is 6.10 Å². The standard InChI is InChI=1S/C17H19N3O/c1-3-9-20-10-8-18-17(20)16(21)14-11-12(2)19-15-7-5-4-6-13(14)15/h4-8,10-11,16,21H,3,9H2,1-2H3. The van der Waals surface area contributed by atoms with Crippen LogP contribution in [0.2, 0.25) is 0 Å². The van der Waals surface area contributed by atoms with Crippen molar-refractivity contribution in [2.75, 3.05) is 0 Å². The van der Waals surface area contributed by atoms with Crippen LogP contribution in [-0.2, 0) is 6.54 Å². The van der Waals surface area contributed by atoms with Crippen LogP contribution in [0.1, 0.15) is 36.5 Å². The van der Waals surface area contributed by atoms with Crippen molar-refractivity contribution in [1.82, 2.24) is 14.5 Å². The SMILES string of the molecule is CCCn1ccnc1C(O)c1cc(C)nc2ccccc12. The van der Waals surface area contributed by atoms with Crippen LogP contribution >= 0.6 is 0 Å². The number of benzene rings is 1. The van der Waals surface area contributed by atoms with Crippen molar-refractivity contribution in [2.24, 2.45) is 0 Å². The van der Waals surface area contributed by atoms with Gasteiger partial charge in [-0.3, -0.25) is 4.98 Å². The maximum atomic E-state index is 10.8. The van der Waals surface area contributed by atoms with E-state index in [-0.39, 0.29) is 0 Å². The lowest BCUT2D eigenvalue weighted by atomic mass is 10.0. The Morgan fingerprint density at radius 2 is 2.10 bits per heavy atom. The number of hydrogen-bond acceptors (Lipinski definition) is 3. The summed E-state index contributed by atoms with van der Waals surface area (Å²) < 4.78 is 2.01. The quantitative estimate of drug-likeness (QED) is 0.798. The molecule has 1 atom stereocenters. The second-order valence-corrected chi connectivity index (χ2v) is 5.25. The van der Waals surface area contributed by atoms with Gasteiger partial charge in [0.15, 0.2) is 0 Å². The predicted octanol–water partition coefficient (Wildman–Crippen LogP) is 3.23. The third-order valence-electron chi connectivity index (χ3n) is 3.63. The maximum absolute atomic E-state index is 10.8.